The highest BCUT2D eigenvalue weighted by Gasteiger charge is 2.43. The summed E-state index contributed by atoms with van der Waals surface area (Å²) in [5.74, 6) is -4.64. The van der Waals surface area contributed by atoms with Crippen LogP contribution in [0.3, 0.4) is 0 Å². The summed E-state index contributed by atoms with van der Waals surface area (Å²) in [6.07, 6.45) is -3.36. The first kappa shape index (κ1) is 29.3. The van der Waals surface area contributed by atoms with Gasteiger partial charge in [-0.25, -0.2) is 18.7 Å². The van der Waals surface area contributed by atoms with Gasteiger partial charge in [-0.1, -0.05) is 18.2 Å². The number of Topliss-reactive ketones (excluding diaryl/α,β-unsaturated/α-hetero) is 1. The molecule has 0 spiro atoms. The average Bonchev–Trinajstić information content (AvgIpc) is 2.97. The summed E-state index contributed by atoms with van der Waals surface area (Å²) in [6, 6.07) is 15.1. The fourth-order valence-corrected chi connectivity index (χ4v) is 4.58. The van der Waals surface area contributed by atoms with E-state index in [-0.39, 0.29) is 48.9 Å². The van der Waals surface area contributed by atoms with Gasteiger partial charge in [-0.2, -0.15) is 13.2 Å². The quantitative estimate of drug-likeness (QED) is 0.212. The predicted octanol–water partition coefficient (Wildman–Crippen LogP) is 5.62. The number of nitrogens with one attached hydrogen (secondary N) is 2. The number of carbonyl (C=O) groups excluding carboxylic acids is 3. The highest BCUT2D eigenvalue weighted by atomic mass is 19.4. The molecule has 2 amide bonds. The molecular weight excluding hydrogens is 573 g/mol. The number of aromatic nitrogens is 2. The predicted molar refractivity (Wildman–Crippen MR) is 146 cm³/mol. The monoisotopic (exact) mass is 595 g/mol. The molecule has 2 N–H and O–H groups in total. The van der Waals surface area contributed by atoms with Crippen LogP contribution in [0.1, 0.15) is 37.5 Å². The van der Waals surface area contributed by atoms with Crippen LogP contribution >= 0.6 is 0 Å². The number of hydrogen-bond donors (Lipinski definition) is 2. The van der Waals surface area contributed by atoms with Crippen molar-refractivity contribution in [3.63, 3.8) is 0 Å². The lowest BCUT2D eigenvalue weighted by Gasteiger charge is -2.29. The molecular formula is C30H22F5N5O3. The summed E-state index contributed by atoms with van der Waals surface area (Å²) in [4.78, 5) is 46.3. The Balaban J connectivity index is 1.25. The van der Waals surface area contributed by atoms with E-state index < -0.39 is 35.2 Å². The molecule has 5 rings (SSSR count). The van der Waals surface area contributed by atoms with E-state index in [2.05, 4.69) is 20.6 Å². The first-order valence-corrected chi connectivity index (χ1v) is 12.9. The van der Waals surface area contributed by atoms with E-state index in [4.69, 9.17) is 0 Å². The Kier molecular flexibility index (Phi) is 8.15. The number of ketones is 1. The van der Waals surface area contributed by atoms with Gasteiger partial charge in [0.25, 0.3) is 5.91 Å². The van der Waals surface area contributed by atoms with Crippen molar-refractivity contribution in [3.05, 3.63) is 113 Å². The molecule has 0 bridgehead atoms. The number of alkyl halides is 3. The molecule has 4 aromatic rings. The Morgan fingerprint density at radius 1 is 0.907 bits per heavy atom. The number of anilines is 3. The highest BCUT2D eigenvalue weighted by molar-refractivity contribution is 6.05. The first-order chi connectivity index (χ1) is 20.5. The van der Waals surface area contributed by atoms with E-state index in [1.165, 1.54) is 36.5 Å². The lowest BCUT2D eigenvalue weighted by atomic mass is 9.99. The third kappa shape index (κ3) is 7.00. The molecule has 0 atom stereocenters. The maximum atomic E-state index is 14.0. The van der Waals surface area contributed by atoms with Crippen LogP contribution in [0.15, 0.2) is 72.9 Å². The standard InChI is InChI=1S/C30H22F5N5O3/c31-20-5-7-25(32)24(14-20)27(42)37-21-3-1-2-18(12-21)26(41)15-23-8-10-36-29(39-23)38-22-6-4-17-9-11-40(16-19(17)13-22)28(43)30(33,34)35/h1-8,10,12-14H,9,11,15-16H2,(H,37,42)(H,36,38,39). The minimum Gasteiger partial charge on any atom is -0.330 e. The maximum absolute atomic E-state index is 14.0. The van der Waals surface area contributed by atoms with Crippen molar-refractivity contribution in [1.82, 2.24) is 14.9 Å². The van der Waals surface area contributed by atoms with Crippen molar-refractivity contribution in [2.24, 2.45) is 0 Å². The van der Waals surface area contributed by atoms with Crippen molar-refractivity contribution >= 4 is 34.9 Å². The fraction of sp³-hybridized carbons (Fsp3) is 0.167. The topological polar surface area (TPSA) is 104 Å². The summed E-state index contributed by atoms with van der Waals surface area (Å²) in [7, 11) is 0. The van der Waals surface area contributed by atoms with Crippen LogP contribution in [0.2, 0.25) is 0 Å². The van der Waals surface area contributed by atoms with Gasteiger partial charge < -0.3 is 15.5 Å². The Labute approximate surface area is 241 Å². The Bertz CT molecular complexity index is 1730. The Hall–Kier alpha value is -5.20. The van der Waals surface area contributed by atoms with E-state index >= 15 is 0 Å². The third-order valence-electron chi connectivity index (χ3n) is 6.67. The van der Waals surface area contributed by atoms with Crippen LogP contribution in [-0.4, -0.2) is 45.2 Å². The van der Waals surface area contributed by atoms with Gasteiger partial charge in [0.15, 0.2) is 5.78 Å². The molecule has 3 aromatic carbocycles. The van der Waals surface area contributed by atoms with Gasteiger partial charge in [-0.3, -0.25) is 14.4 Å². The van der Waals surface area contributed by atoms with Crippen molar-refractivity contribution in [3.8, 4) is 0 Å². The van der Waals surface area contributed by atoms with Crippen LogP contribution in [0, 0.1) is 11.6 Å². The number of rotatable bonds is 7. The van der Waals surface area contributed by atoms with Gasteiger partial charge in [0.2, 0.25) is 5.95 Å². The van der Waals surface area contributed by atoms with Gasteiger partial charge >= 0.3 is 12.1 Å². The van der Waals surface area contributed by atoms with Crippen LogP contribution in [0.4, 0.5) is 39.3 Å². The zero-order valence-corrected chi connectivity index (χ0v) is 22.2. The van der Waals surface area contributed by atoms with E-state index in [1.54, 1.807) is 18.2 Å². The molecule has 8 nitrogen and oxygen atoms in total. The van der Waals surface area contributed by atoms with Crippen molar-refractivity contribution in [1.29, 1.82) is 0 Å². The lowest BCUT2D eigenvalue weighted by molar-refractivity contribution is -0.186. The lowest BCUT2D eigenvalue weighted by Crippen LogP contribution is -2.43. The maximum Gasteiger partial charge on any atom is 0.471 e. The van der Waals surface area contributed by atoms with Gasteiger partial charge in [-0.15, -0.1) is 0 Å². The molecule has 13 heteroatoms. The summed E-state index contributed by atoms with van der Waals surface area (Å²) in [5.41, 5.74) is 2.19. The average molecular weight is 596 g/mol. The second kappa shape index (κ2) is 12.0. The SMILES string of the molecule is O=C(Cc1ccnc(Nc2ccc3c(c2)CN(C(=O)C(F)(F)F)CC3)n1)c1cccc(NC(=O)c2cc(F)ccc2F)c1. The molecule has 0 fully saturated rings. The van der Waals surface area contributed by atoms with Crippen LogP contribution in [-0.2, 0) is 24.2 Å². The van der Waals surface area contributed by atoms with E-state index in [0.717, 1.165) is 28.7 Å². The molecule has 0 aliphatic carbocycles. The molecule has 0 radical (unpaired) electrons. The number of hydrogen-bond acceptors (Lipinski definition) is 6. The zero-order valence-electron chi connectivity index (χ0n) is 22.2. The molecule has 0 unspecified atom stereocenters. The van der Waals surface area contributed by atoms with Crippen LogP contribution in [0.5, 0.6) is 0 Å². The number of benzene rings is 3. The molecule has 1 aliphatic rings. The fourth-order valence-electron chi connectivity index (χ4n) is 4.58. The number of halogens is 5. The molecule has 0 saturated heterocycles. The Morgan fingerprint density at radius 2 is 1.72 bits per heavy atom. The van der Waals surface area contributed by atoms with Gasteiger partial charge in [0.1, 0.15) is 11.6 Å². The summed E-state index contributed by atoms with van der Waals surface area (Å²) >= 11 is 0. The van der Waals surface area contributed by atoms with Gasteiger partial charge in [-0.05, 0) is 66.1 Å². The molecule has 2 heterocycles. The minimum absolute atomic E-state index is 0.0296. The smallest absolute Gasteiger partial charge is 0.330 e. The second-order valence-electron chi connectivity index (χ2n) is 9.71. The molecule has 43 heavy (non-hydrogen) atoms. The number of fused-ring (bicyclic) bond motifs is 1. The largest absolute Gasteiger partial charge is 0.471 e. The number of carbonyl (C=O) groups is 3. The number of amides is 2. The van der Waals surface area contributed by atoms with E-state index in [1.807, 2.05) is 0 Å². The number of nitrogens with zero attached hydrogens (tertiary/aromatic N) is 3. The highest BCUT2D eigenvalue weighted by Crippen LogP contribution is 2.27. The van der Waals surface area contributed by atoms with Crippen molar-refractivity contribution in [2.75, 3.05) is 17.2 Å². The van der Waals surface area contributed by atoms with Crippen LogP contribution < -0.4 is 10.6 Å². The first-order valence-electron chi connectivity index (χ1n) is 12.9. The van der Waals surface area contributed by atoms with Crippen molar-refractivity contribution in [2.45, 2.75) is 25.6 Å². The van der Waals surface area contributed by atoms with Crippen molar-refractivity contribution < 1.29 is 36.3 Å². The molecule has 220 valence electrons. The van der Waals surface area contributed by atoms with Crippen LogP contribution in [0.25, 0.3) is 0 Å². The summed E-state index contributed by atoms with van der Waals surface area (Å²) < 4.78 is 66.1. The third-order valence-corrected chi connectivity index (χ3v) is 6.67. The molecule has 1 aromatic heterocycles. The van der Waals surface area contributed by atoms with E-state index in [9.17, 15) is 36.3 Å². The van der Waals surface area contributed by atoms with Gasteiger partial charge in [0.05, 0.1) is 17.7 Å². The zero-order chi connectivity index (χ0) is 30.7. The molecule has 1 aliphatic heterocycles. The van der Waals surface area contributed by atoms with E-state index in [0.29, 0.717) is 16.9 Å². The summed E-state index contributed by atoms with van der Waals surface area (Å²) in [5, 5.41) is 5.42. The minimum atomic E-state index is -4.95. The van der Waals surface area contributed by atoms with Gasteiger partial charge in [0, 0.05) is 36.2 Å². The normalized spacial score (nSPS) is 12.8. The Morgan fingerprint density at radius 3 is 2.51 bits per heavy atom. The summed E-state index contributed by atoms with van der Waals surface area (Å²) in [6.45, 7) is -0.215. The second-order valence-corrected chi connectivity index (χ2v) is 9.71. The molecule has 0 saturated carbocycles.